The first-order chi connectivity index (χ1) is 21.3. The maximum atomic E-state index is 3.59. The topological polar surface area (TPSA) is 12.0 Å². The standard InChI is InChI=1S/C42H39N/c1-28-25-26-43-40(27-28)30-19-21-31(22-20-30)41-35-15-7-9-17-37(35)42(38-18-10-8-16-36(38)41)39-24-23-32(29-11-3-2-4-12-29)33-13-5-6-14-34(33)39/h5-10,13-19,21,23-25,27,29,43H,2-4,11-12,20,22,26H2,1H3. The fraction of sp³-hybridized carbons (Fsp3) is 0.238. The van der Waals surface area contributed by atoms with Gasteiger partial charge in [-0.25, -0.2) is 0 Å². The molecule has 1 aliphatic heterocycles. The molecule has 5 aromatic carbocycles. The molecule has 0 bridgehead atoms. The minimum atomic E-state index is 0.680. The molecule has 2 aliphatic carbocycles. The van der Waals surface area contributed by atoms with Crippen LogP contribution >= 0.6 is 0 Å². The maximum absolute atomic E-state index is 3.59. The molecule has 0 aromatic heterocycles. The average Bonchev–Trinajstić information content (AvgIpc) is 3.07. The molecule has 43 heavy (non-hydrogen) atoms. The Bertz CT molecular complexity index is 1950. The Morgan fingerprint density at radius 3 is 1.79 bits per heavy atom. The molecule has 1 nitrogen and oxygen atoms in total. The SMILES string of the molecule is CC1=CCNC(C2=CC=C(c3c4ccccc4c(-c4ccc(C5CCCCC5)c5ccccc45)c4ccccc34)CC2)=C1. The average molecular weight is 558 g/mol. The Labute approximate surface area is 255 Å². The lowest BCUT2D eigenvalue weighted by Gasteiger charge is -2.25. The van der Waals surface area contributed by atoms with Gasteiger partial charge in [0.1, 0.15) is 0 Å². The van der Waals surface area contributed by atoms with E-state index < -0.39 is 0 Å². The predicted octanol–water partition coefficient (Wildman–Crippen LogP) is 11.4. The quantitative estimate of drug-likeness (QED) is 0.217. The van der Waals surface area contributed by atoms with E-state index in [9.17, 15) is 0 Å². The van der Waals surface area contributed by atoms with E-state index in [1.807, 2.05) is 0 Å². The minimum Gasteiger partial charge on any atom is -0.381 e. The summed E-state index contributed by atoms with van der Waals surface area (Å²) in [5.41, 5.74) is 11.1. The molecule has 1 saturated carbocycles. The van der Waals surface area contributed by atoms with Gasteiger partial charge in [0.05, 0.1) is 0 Å². The second-order valence-corrected chi connectivity index (χ2v) is 12.7. The first kappa shape index (κ1) is 26.3. The smallest absolute Gasteiger partial charge is 0.0377 e. The fourth-order valence-electron chi connectivity index (χ4n) is 8.01. The van der Waals surface area contributed by atoms with E-state index in [1.54, 1.807) is 5.56 Å². The third kappa shape index (κ3) is 4.63. The van der Waals surface area contributed by atoms with Crippen molar-refractivity contribution in [2.24, 2.45) is 0 Å². The number of allylic oxidation sites excluding steroid dienone is 6. The van der Waals surface area contributed by atoms with Gasteiger partial charge in [0, 0.05) is 12.2 Å². The lowest BCUT2D eigenvalue weighted by atomic mass is 9.79. The van der Waals surface area contributed by atoms with Gasteiger partial charge in [-0.1, -0.05) is 128 Å². The molecule has 0 unspecified atom stereocenters. The van der Waals surface area contributed by atoms with Crippen molar-refractivity contribution in [3.8, 4) is 11.1 Å². The fourth-order valence-corrected chi connectivity index (χ4v) is 8.01. The summed E-state index contributed by atoms with van der Waals surface area (Å²) in [5, 5.41) is 11.8. The third-order valence-electron chi connectivity index (χ3n) is 10.1. The number of hydrogen-bond donors (Lipinski definition) is 1. The first-order valence-electron chi connectivity index (χ1n) is 16.2. The van der Waals surface area contributed by atoms with Gasteiger partial charge in [0.2, 0.25) is 0 Å². The molecule has 1 fully saturated rings. The number of benzene rings is 5. The van der Waals surface area contributed by atoms with Crippen molar-refractivity contribution in [3.63, 3.8) is 0 Å². The van der Waals surface area contributed by atoms with E-state index >= 15 is 0 Å². The molecule has 0 radical (unpaired) electrons. The Morgan fingerprint density at radius 1 is 0.581 bits per heavy atom. The van der Waals surface area contributed by atoms with Crippen molar-refractivity contribution in [2.45, 2.75) is 57.8 Å². The van der Waals surface area contributed by atoms with Crippen LogP contribution in [0.3, 0.4) is 0 Å². The molecule has 1 heterocycles. The van der Waals surface area contributed by atoms with Crippen LogP contribution < -0.4 is 5.32 Å². The van der Waals surface area contributed by atoms with Gasteiger partial charge < -0.3 is 5.32 Å². The zero-order valence-electron chi connectivity index (χ0n) is 25.1. The molecule has 0 saturated heterocycles. The van der Waals surface area contributed by atoms with Gasteiger partial charge in [0.15, 0.2) is 0 Å². The highest BCUT2D eigenvalue weighted by Crippen LogP contribution is 2.47. The van der Waals surface area contributed by atoms with Gasteiger partial charge in [-0.05, 0) is 110 Å². The second kappa shape index (κ2) is 11.0. The number of nitrogens with one attached hydrogen (secondary N) is 1. The van der Waals surface area contributed by atoms with Crippen molar-refractivity contribution in [1.82, 2.24) is 5.32 Å². The summed E-state index contributed by atoms with van der Waals surface area (Å²) in [7, 11) is 0. The Balaban J connectivity index is 1.34. The number of dihydropyridines is 1. The molecule has 0 amide bonds. The van der Waals surface area contributed by atoms with Crippen LogP contribution in [-0.2, 0) is 0 Å². The van der Waals surface area contributed by atoms with Crippen molar-refractivity contribution >= 4 is 37.9 Å². The van der Waals surface area contributed by atoms with E-state index in [0.29, 0.717) is 5.92 Å². The van der Waals surface area contributed by atoms with Gasteiger partial charge >= 0.3 is 0 Å². The Hall–Kier alpha value is -4.36. The van der Waals surface area contributed by atoms with Crippen molar-refractivity contribution in [3.05, 3.63) is 137 Å². The molecule has 8 rings (SSSR count). The number of hydrogen-bond acceptors (Lipinski definition) is 1. The van der Waals surface area contributed by atoms with Crippen molar-refractivity contribution in [1.29, 1.82) is 0 Å². The second-order valence-electron chi connectivity index (χ2n) is 12.7. The molecular formula is C42H39N. The largest absolute Gasteiger partial charge is 0.381 e. The van der Waals surface area contributed by atoms with Crippen LogP contribution in [-0.4, -0.2) is 6.54 Å². The van der Waals surface area contributed by atoms with E-state index in [2.05, 4.69) is 121 Å². The summed E-state index contributed by atoms with van der Waals surface area (Å²) in [4.78, 5) is 0. The van der Waals surface area contributed by atoms with Crippen molar-refractivity contribution in [2.75, 3.05) is 6.54 Å². The molecule has 0 spiro atoms. The molecule has 212 valence electrons. The van der Waals surface area contributed by atoms with E-state index in [0.717, 1.165) is 19.4 Å². The highest BCUT2D eigenvalue weighted by molar-refractivity contribution is 6.21. The third-order valence-corrected chi connectivity index (χ3v) is 10.1. The molecule has 3 aliphatic rings. The normalized spacial score (nSPS) is 17.8. The molecule has 5 aromatic rings. The predicted molar refractivity (Wildman–Crippen MR) is 185 cm³/mol. The zero-order valence-corrected chi connectivity index (χ0v) is 25.1. The summed E-state index contributed by atoms with van der Waals surface area (Å²) in [6, 6.07) is 32.3. The van der Waals surface area contributed by atoms with Crippen LogP contribution in [0.1, 0.15) is 68.9 Å². The van der Waals surface area contributed by atoms with Gasteiger partial charge in [-0.3, -0.25) is 0 Å². The monoisotopic (exact) mass is 557 g/mol. The van der Waals surface area contributed by atoms with E-state index in [1.165, 1.54) is 104 Å². The minimum absolute atomic E-state index is 0.680. The summed E-state index contributed by atoms with van der Waals surface area (Å²) < 4.78 is 0. The Kier molecular flexibility index (Phi) is 6.75. The van der Waals surface area contributed by atoms with Crippen LogP contribution in [0.2, 0.25) is 0 Å². The van der Waals surface area contributed by atoms with Crippen LogP contribution in [0.25, 0.3) is 49.0 Å². The summed E-state index contributed by atoms with van der Waals surface area (Å²) >= 11 is 0. The van der Waals surface area contributed by atoms with Gasteiger partial charge in [-0.2, -0.15) is 0 Å². The summed E-state index contributed by atoms with van der Waals surface area (Å²) in [6.45, 7) is 3.11. The Morgan fingerprint density at radius 2 is 1.16 bits per heavy atom. The lowest BCUT2D eigenvalue weighted by molar-refractivity contribution is 0.445. The molecule has 1 N–H and O–H groups in total. The summed E-state index contributed by atoms with van der Waals surface area (Å²) in [5.74, 6) is 0.680. The molecular weight excluding hydrogens is 518 g/mol. The first-order valence-corrected chi connectivity index (χ1v) is 16.2. The van der Waals surface area contributed by atoms with Crippen molar-refractivity contribution < 1.29 is 0 Å². The highest BCUT2D eigenvalue weighted by Gasteiger charge is 2.23. The van der Waals surface area contributed by atoms with Crippen LogP contribution in [0.5, 0.6) is 0 Å². The van der Waals surface area contributed by atoms with Gasteiger partial charge in [0.25, 0.3) is 0 Å². The lowest BCUT2D eigenvalue weighted by Crippen LogP contribution is -2.19. The molecule has 1 heteroatoms. The van der Waals surface area contributed by atoms with E-state index in [-0.39, 0.29) is 0 Å². The van der Waals surface area contributed by atoms with E-state index in [4.69, 9.17) is 0 Å². The van der Waals surface area contributed by atoms with Gasteiger partial charge in [-0.15, -0.1) is 0 Å². The van der Waals surface area contributed by atoms with Crippen LogP contribution in [0, 0.1) is 0 Å². The highest BCUT2D eigenvalue weighted by atomic mass is 14.9. The zero-order chi connectivity index (χ0) is 28.8. The van der Waals surface area contributed by atoms with Crippen LogP contribution in [0.15, 0.2) is 126 Å². The maximum Gasteiger partial charge on any atom is 0.0377 e. The summed E-state index contributed by atoms with van der Waals surface area (Å²) in [6.07, 6.45) is 18.1. The number of fused-ring (bicyclic) bond motifs is 3. The van der Waals surface area contributed by atoms with Crippen LogP contribution in [0.4, 0.5) is 0 Å². The number of rotatable bonds is 4. The molecule has 0 atom stereocenters.